The summed E-state index contributed by atoms with van der Waals surface area (Å²) < 4.78 is 2.25. The normalized spacial score (nSPS) is 20.2. The number of thiophene rings is 1. The van der Waals surface area contributed by atoms with Crippen LogP contribution in [-0.4, -0.2) is 16.6 Å². The van der Waals surface area contributed by atoms with E-state index in [9.17, 15) is 0 Å². The molecular weight excluding hydrogens is 254 g/mol. The summed E-state index contributed by atoms with van der Waals surface area (Å²) >= 11 is 1.91. The second kappa shape index (κ2) is 5.47. The third-order valence-corrected chi connectivity index (χ3v) is 5.17. The highest BCUT2D eigenvalue weighted by molar-refractivity contribution is 7.10. The van der Waals surface area contributed by atoms with E-state index in [2.05, 4.69) is 46.5 Å². The highest BCUT2D eigenvalue weighted by atomic mass is 32.1. The molecule has 0 saturated heterocycles. The first-order chi connectivity index (χ1) is 9.35. The zero-order chi connectivity index (χ0) is 13.2. The van der Waals surface area contributed by atoms with Gasteiger partial charge in [-0.25, -0.2) is 4.98 Å². The van der Waals surface area contributed by atoms with Crippen LogP contribution in [0.4, 0.5) is 0 Å². The van der Waals surface area contributed by atoms with Crippen LogP contribution in [0.1, 0.15) is 48.0 Å². The second-order valence-electron chi connectivity index (χ2n) is 5.14. The number of nitrogens with zero attached hydrogens (tertiary/aromatic N) is 2. The first kappa shape index (κ1) is 12.9. The van der Waals surface area contributed by atoms with Crippen LogP contribution in [-0.2, 0) is 13.0 Å². The highest BCUT2D eigenvalue weighted by Crippen LogP contribution is 2.41. The van der Waals surface area contributed by atoms with E-state index in [1.165, 1.54) is 25.1 Å². The number of rotatable bonds is 4. The van der Waals surface area contributed by atoms with Crippen LogP contribution in [0.15, 0.2) is 23.8 Å². The lowest BCUT2D eigenvalue weighted by Gasteiger charge is -2.30. The fraction of sp³-hybridized carbons (Fsp3) is 0.533. The molecule has 102 valence electrons. The van der Waals surface area contributed by atoms with Gasteiger partial charge in [0, 0.05) is 29.7 Å². The smallest absolute Gasteiger partial charge is 0.126 e. The van der Waals surface area contributed by atoms with E-state index in [1.807, 2.05) is 17.5 Å². The van der Waals surface area contributed by atoms with E-state index < -0.39 is 0 Å². The maximum atomic E-state index is 4.59. The van der Waals surface area contributed by atoms with Crippen LogP contribution in [0.2, 0.25) is 0 Å². The Morgan fingerprint density at radius 3 is 3.26 bits per heavy atom. The minimum absolute atomic E-state index is 0.323. The summed E-state index contributed by atoms with van der Waals surface area (Å²) in [6, 6.07) is 2.64. The fourth-order valence-corrected chi connectivity index (χ4v) is 4.24. The fourth-order valence-electron chi connectivity index (χ4n) is 3.25. The monoisotopic (exact) mass is 275 g/mol. The van der Waals surface area contributed by atoms with Crippen molar-refractivity contribution in [2.24, 2.45) is 0 Å². The van der Waals surface area contributed by atoms with Crippen LogP contribution in [0.25, 0.3) is 0 Å². The molecule has 0 bridgehead atoms. The van der Waals surface area contributed by atoms with Crippen molar-refractivity contribution >= 4 is 11.3 Å². The summed E-state index contributed by atoms with van der Waals surface area (Å²) in [6.07, 6.45) is 7.80. The topological polar surface area (TPSA) is 29.9 Å². The molecule has 0 radical (unpaired) electrons. The van der Waals surface area contributed by atoms with Crippen LogP contribution in [0.5, 0.6) is 0 Å². The van der Waals surface area contributed by atoms with Gasteiger partial charge in [-0.05, 0) is 50.2 Å². The van der Waals surface area contributed by atoms with Gasteiger partial charge in [-0.15, -0.1) is 11.3 Å². The number of imidazole rings is 1. The molecule has 0 aromatic carbocycles. The average molecular weight is 275 g/mol. The predicted molar refractivity (Wildman–Crippen MR) is 79.7 cm³/mol. The van der Waals surface area contributed by atoms with Crippen molar-refractivity contribution in [3.05, 3.63) is 40.1 Å². The number of aryl methyl sites for hydroxylation is 2. The van der Waals surface area contributed by atoms with Crippen LogP contribution >= 0.6 is 11.3 Å². The lowest BCUT2D eigenvalue weighted by molar-refractivity contribution is 0.400. The van der Waals surface area contributed by atoms with Gasteiger partial charge in [-0.2, -0.15) is 0 Å². The average Bonchev–Trinajstić information content (AvgIpc) is 3.08. The maximum Gasteiger partial charge on any atom is 0.126 e. The zero-order valence-electron chi connectivity index (χ0n) is 11.6. The Labute approximate surface area is 118 Å². The van der Waals surface area contributed by atoms with Gasteiger partial charge in [0.25, 0.3) is 0 Å². The van der Waals surface area contributed by atoms with Crippen LogP contribution in [0, 0.1) is 0 Å². The van der Waals surface area contributed by atoms with Crippen molar-refractivity contribution in [3.63, 3.8) is 0 Å². The Balaban J connectivity index is 1.96. The van der Waals surface area contributed by atoms with Crippen molar-refractivity contribution in [1.29, 1.82) is 0 Å². The van der Waals surface area contributed by atoms with E-state index in [0.717, 1.165) is 6.54 Å². The number of fused-ring (bicyclic) bond motifs is 1. The molecule has 2 unspecified atom stereocenters. The summed E-state index contributed by atoms with van der Waals surface area (Å²) in [7, 11) is 2.06. The molecule has 0 aliphatic heterocycles. The molecule has 2 aromatic heterocycles. The predicted octanol–water partition coefficient (Wildman–Crippen LogP) is 3.35. The highest BCUT2D eigenvalue weighted by Gasteiger charge is 2.31. The Kier molecular flexibility index (Phi) is 3.71. The Morgan fingerprint density at radius 1 is 1.58 bits per heavy atom. The molecule has 0 amide bonds. The summed E-state index contributed by atoms with van der Waals surface area (Å²) in [6.45, 7) is 3.16. The van der Waals surface area contributed by atoms with E-state index >= 15 is 0 Å². The molecule has 3 nitrogen and oxygen atoms in total. The molecule has 1 N–H and O–H groups in total. The van der Waals surface area contributed by atoms with Crippen molar-refractivity contribution in [1.82, 2.24) is 14.9 Å². The minimum Gasteiger partial charge on any atom is -0.334 e. The molecule has 1 aliphatic carbocycles. The second-order valence-corrected chi connectivity index (χ2v) is 6.14. The molecule has 0 spiro atoms. The van der Waals surface area contributed by atoms with Crippen molar-refractivity contribution < 1.29 is 0 Å². The van der Waals surface area contributed by atoms with Gasteiger partial charge in [0.2, 0.25) is 0 Å². The molecule has 0 fully saturated rings. The first-order valence-electron chi connectivity index (χ1n) is 7.09. The Morgan fingerprint density at radius 2 is 2.47 bits per heavy atom. The third-order valence-electron chi connectivity index (χ3n) is 4.18. The largest absolute Gasteiger partial charge is 0.334 e. The van der Waals surface area contributed by atoms with Crippen molar-refractivity contribution in [3.8, 4) is 0 Å². The van der Waals surface area contributed by atoms with Crippen molar-refractivity contribution in [2.75, 3.05) is 7.05 Å². The van der Waals surface area contributed by atoms with Crippen LogP contribution in [0.3, 0.4) is 0 Å². The number of hydrogen-bond donors (Lipinski definition) is 1. The summed E-state index contributed by atoms with van der Waals surface area (Å²) in [5.41, 5.74) is 1.54. The Hall–Kier alpha value is -1.13. The van der Waals surface area contributed by atoms with E-state index in [4.69, 9.17) is 0 Å². The van der Waals surface area contributed by atoms with Gasteiger partial charge in [-0.1, -0.05) is 0 Å². The lowest BCUT2D eigenvalue weighted by atomic mass is 9.82. The van der Waals surface area contributed by atoms with E-state index in [1.54, 1.807) is 10.4 Å². The Bertz CT molecular complexity index is 543. The number of hydrogen-bond acceptors (Lipinski definition) is 3. The van der Waals surface area contributed by atoms with E-state index in [-0.39, 0.29) is 0 Å². The minimum atomic E-state index is 0.323. The van der Waals surface area contributed by atoms with Gasteiger partial charge in [0.1, 0.15) is 5.82 Å². The van der Waals surface area contributed by atoms with E-state index in [0.29, 0.717) is 12.0 Å². The number of nitrogens with one attached hydrogen (secondary N) is 1. The number of likely N-dealkylation sites (N-methyl/N-ethyl adjacent to an activating group) is 1. The number of aromatic nitrogens is 2. The van der Waals surface area contributed by atoms with Crippen molar-refractivity contribution in [2.45, 2.75) is 44.7 Å². The summed E-state index contributed by atoms with van der Waals surface area (Å²) in [5, 5.41) is 5.74. The molecule has 1 aliphatic rings. The van der Waals surface area contributed by atoms with Gasteiger partial charge in [-0.3, -0.25) is 0 Å². The molecule has 0 saturated carbocycles. The third kappa shape index (κ3) is 2.23. The van der Waals surface area contributed by atoms with Gasteiger partial charge in [0.15, 0.2) is 0 Å². The molecule has 19 heavy (non-hydrogen) atoms. The van der Waals surface area contributed by atoms with Gasteiger partial charge in [0.05, 0.1) is 6.04 Å². The molecule has 2 heterocycles. The molecule has 2 atom stereocenters. The molecule has 2 aromatic rings. The van der Waals surface area contributed by atoms with Gasteiger partial charge < -0.3 is 9.88 Å². The summed E-state index contributed by atoms with van der Waals surface area (Å²) in [4.78, 5) is 6.17. The summed E-state index contributed by atoms with van der Waals surface area (Å²) in [5.74, 6) is 1.74. The maximum absolute atomic E-state index is 4.59. The SMILES string of the molecule is CCn1ccnc1C(NC)C1CCCc2sccc21. The zero-order valence-corrected chi connectivity index (χ0v) is 12.4. The standard InChI is InChI=1S/C15H21N3S/c1-3-18-9-8-17-15(18)14(16-2)12-5-4-6-13-11(12)7-10-19-13/h7-10,12,14,16H,3-6H2,1-2H3. The van der Waals surface area contributed by atoms with Gasteiger partial charge >= 0.3 is 0 Å². The first-order valence-corrected chi connectivity index (χ1v) is 7.97. The molecule has 4 heteroatoms. The van der Waals surface area contributed by atoms with Crippen LogP contribution < -0.4 is 5.32 Å². The molecular formula is C15H21N3S. The molecule has 3 rings (SSSR count). The lowest BCUT2D eigenvalue weighted by Crippen LogP contribution is -2.28. The quantitative estimate of drug-likeness (QED) is 0.927.